The zero-order valence-corrected chi connectivity index (χ0v) is 19.9. The van der Waals surface area contributed by atoms with E-state index in [1.807, 2.05) is 66.7 Å². The van der Waals surface area contributed by atoms with Gasteiger partial charge in [0.1, 0.15) is 5.82 Å². The summed E-state index contributed by atoms with van der Waals surface area (Å²) in [6, 6.07) is 23.6. The molecule has 0 aliphatic carbocycles. The number of unbranched alkanes of at least 4 members (excludes halogenated alkanes) is 2. The summed E-state index contributed by atoms with van der Waals surface area (Å²) in [6.07, 6.45) is 4.23. The molecule has 1 N–H and O–H groups in total. The number of halogens is 2. The molecule has 0 aliphatic heterocycles. The van der Waals surface area contributed by atoms with Crippen molar-refractivity contribution in [3.05, 3.63) is 99.8 Å². The van der Waals surface area contributed by atoms with Gasteiger partial charge < -0.3 is 9.88 Å². The van der Waals surface area contributed by atoms with Gasteiger partial charge in [0, 0.05) is 28.6 Å². The number of para-hydroxylation sites is 2. The first-order chi connectivity index (χ1) is 16.1. The standard InChI is InChI=1S/C27H27Cl2N3O/c28-22-12-9-13-23(29)21(22)19-32-25-15-7-6-14-24(25)31-26(32)16-5-2-8-17-30-27(33)18-20-10-3-1-4-11-20/h1,3-4,6-7,9-15H,2,5,8,16-19H2,(H,30,33). The maximum absolute atomic E-state index is 12.1. The van der Waals surface area contributed by atoms with E-state index in [4.69, 9.17) is 28.2 Å². The second-order valence-electron chi connectivity index (χ2n) is 8.13. The predicted octanol–water partition coefficient (Wildman–Crippen LogP) is 6.46. The van der Waals surface area contributed by atoms with E-state index in [0.29, 0.717) is 29.6 Å². The van der Waals surface area contributed by atoms with E-state index in [1.165, 1.54) is 0 Å². The Morgan fingerprint density at radius 3 is 2.36 bits per heavy atom. The lowest BCUT2D eigenvalue weighted by molar-refractivity contribution is -0.120. The van der Waals surface area contributed by atoms with E-state index in [1.54, 1.807) is 0 Å². The molecule has 0 atom stereocenters. The lowest BCUT2D eigenvalue weighted by Gasteiger charge is -2.12. The topological polar surface area (TPSA) is 46.9 Å². The summed E-state index contributed by atoms with van der Waals surface area (Å²) in [4.78, 5) is 17.0. The second kappa shape index (κ2) is 11.4. The van der Waals surface area contributed by atoms with Gasteiger partial charge >= 0.3 is 0 Å². The van der Waals surface area contributed by atoms with Gasteiger partial charge in [0.2, 0.25) is 5.91 Å². The Labute approximate surface area is 204 Å². The van der Waals surface area contributed by atoms with Crippen molar-refractivity contribution in [2.45, 2.75) is 38.6 Å². The Morgan fingerprint density at radius 2 is 1.58 bits per heavy atom. The Morgan fingerprint density at radius 1 is 0.848 bits per heavy atom. The number of nitrogens with zero attached hydrogens (tertiary/aromatic N) is 2. The molecule has 33 heavy (non-hydrogen) atoms. The average Bonchev–Trinajstić information content (AvgIpc) is 3.16. The maximum Gasteiger partial charge on any atom is 0.224 e. The van der Waals surface area contributed by atoms with Crippen LogP contribution in [0.4, 0.5) is 0 Å². The first-order valence-electron chi connectivity index (χ1n) is 11.3. The number of hydrogen-bond donors (Lipinski definition) is 1. The van der Waals surface area contributed by atoms with Gasteiger partial charge in [0.25, 0.3) is 0 Å². The quantitative estimate of drug-likeness (QED) is 0.265. The Hall–Kier alpha value is -2.82. The van der Waals surface area contributed by atoms with Gasteiger partial charge in [-0.3, -0.25) is 4.79 Å². The highest BCUT2D eigenvalue weighted by Gasteiger charge is 2.14. The van der Waals surface area contributed by atoms with Crippen molar-refractivity contribution >= 4 is 40.1 Å². The van der Waals surface area contributed by atoms with Crippen LogP contribution in [0, 0.1) is 0 Å². The number of hydrogen-bond acceptors (Lipinski definition) is 2. The third kappa shape index (κ3) is 6.16. The van der Waals surface area contributed by atoms with E-state index in [0.717, 1.165) is 53.7 Å². The number of rotatable bonds is 10. The van der Waals surface area contributed by atoms with Crippen molar-refractivity contribution in [2.24, 2.45) is 0 Å². The molecular formula is C27H27Cl2N3O. The van der Waals surface area contributed by atoms with Crippen LogP contribution in [0.5, 0.6) is 0 Å². The van der Waals surface area contributed by atoms with E-state index < -0.39 is 0 Å². The van der Waals surface area contributed by atoms with Gasteiger partial charge in [-0.1, -0.05) is 78.2 Å². The first-order valence-corrected chi connectivity index (χ1v) is 12.0. The van der Waals surface area contributed by atoms with Gasteiger partial charge in [-0.05, 0) is 42.7 Å². The summed E-state index contributed by atoms with van der Waals surface area (Å²) in [5.74, 6) is 1.10. The molecule has 1 heterocycles. The van der Waals surface area contributed by atoms with Crippen molar-refractivity contribution in [1.29, 1.82) is 0 Å². The van der Waals surface area contributed by atoms with Crippen LogP contribution >= 0.6 is 23.2 Å². The summed E-state index contributed by atoms with van der Waals surface area (Å²) in [6.45, 7) is 1.28. The number of nitrogens with one attached hydrogen (secondary N) is 1. The lowest BCUT2D eigenvalue weighted by Crippen LogP contribution is -2.26. The fourth-order valence-corrected chi connectivity index (χ4v) is 4.51. The van der Waals surface area contributed by atoms with Gasteiger partial charge in [-0.2, -0.15) is 0 Å². The molecule has 0 fully saturated rings. The SMILES string of the molecule is O=C(Cc1ccccc1)NCCCCCc1nc2ccccc2n1Cc1c(Cl)cccc1Cl. The molecule has 170 valence electrons. The third-order valence-corrected chi connectivity index (χ3v) is 6.43. The van der Waals surface area contributed by atoms with Gasteiger partial charge in [0.05, 0.1) is 24.0 Å². The smallest absolute Gasteiger partial charge is 0.224 e. The van der Waals surface area contributed by atoms with Gasteiger partial charge in [-0.15, -0.1) is 0 Å². The zero-order chi connectivity index (χ0) is 23.0. The van der Waals surface area contributed by atoms with Crippen LogP contribution < -0.4 is 5.32 Å². The summed E-state index contributed by atoms with van der Waals surface area (Å²) < 4.78 is 2.21. The number of carbonyl (C=O) groups excluding carboxylic acids is 1. The van der Waals surface area contributed by atoms with Crippen LogP contribution in [-0.2, 0) is 24.2 Å². The van der Waals surface area contributed by atoms with Gasteiger partial charge in [0.15, 0.2) is 0 Å². The number of carbonyl (C=O) groups is 1. The molecule has 1 aromatic heterocycles. The van der Waals surface area contributed by atoms with Crippen LogP contribution in [0.25, 0.3) is 11.0 Å². The number of imidazole rings is 1. The van der Waals surface area contributed by atoms with Crippen molar-refractivity contribution in [3.8, 4) is 0 Å². The highest BCUT2D eigenvalue weighted by atomic mass is 35.5. The molecule has 4 aromatic rings. The highest BCUT2D eigenvalue weighted by Crippen LogP contribution is 2.28. The summed E-state index contributed by atoms with van der Waals surface area (Å²) in [5, 5.41) is 4.35. The molecule has 0 aliphatic rings. The number of aryl methyl sites for hydroxylation is 1. The summed E-state index contributed by atoms with van der Waals surface area (Å²) >= 11 is 12.9. The Bertz CT molecular complexity index is 1200. The molecule has 0 spiro atoms. The molecule has 0 unspecified atom stereocenters. The third-order valence-electron chi connectivity index (χ3n) is 5.72. The molecule has 4 nitrogen and oxygen atoms in total. The van der Waals surface area contributed by atoms with Crippen molar-refractivity contribution in [3.63, 3.8) is 0 Å². The number of aromatic nitrogens is 2. The molecular weight excluding hydrogens is 453 g/mol. The van der Waals surface area contributed by atoms with Crippen LogP contribution in [0.3, 0.4) is 0 Å². The molecule has 1 amide bonds. The molecule has 0 bridgehead atoms. The summed E-state index contributed by atoms with van der Waals surface area (Å²) in [5.41, 5.74) is 4.00. The molecule has 0 radical (unpaired) electrons. The second-order valence-corrected chi connectivity index (χ2v) is 8.94. The summed E-state index contributed by atoms with van der Waals surface area (Å²) in [7, 11) is 0. The number of fused-ring (bicyclic) bond motifs is 1. The Kier molecular flexibility index (Phi) is 8.03. The predicted molar refractivity (Wildman–Crippen MR) is 136 cm³/mol. The molecule has 0 saturated carbocycles. The van der Waals surface area contributed by atoms with E-state index in [-0.39, 0.29) is 5.91 Å². The number of benzene rings is 3. The maximum atomic E-state index is 12.1. The van der Waals surface area contributed by atoms with E-state index >= 15 is 0 Å². The van der Waals surface area contributed by atoms with Crippen molar-refractivity contribution in [2.75, 3.05) is 6.54 Å². The van der Waals surface area contributed by atoms with Crippen LogP contribution in [-0.4, -0.2) is 22.0 Å². The fraction of sp³-hybridized carbons (Fsp3) is 0.259. The van der Waals surface area contributed by atoms with Crippen molar-refractivity contribution in [1.82, 2.24) is 14.9 Å². The van der Waals surface area contributed by atoms with E-state index in [2.05, 4.69) is 16.0 Å². The van der Waals surface area contributed by atoms with Crippen LogP contribution in [0.2, 0.25) is 10.0 Å². The minimum Gasteiger partial charge on any atom is -0.356 e. The molecule has 0 saturated heterocycles. The normalized spacial score (nSPS) is 11.1. The average molecular weight is 480 g/mol. The highest BCUT2D eigenvalue weighted by molar-refractivity contribution is 6.36. The van der Waals surface area contributed by atoms with Crippen LogP contribution in [0.1, 0.15) is 36.2 Å². The zero-order valence-electron chi connectivity index (χ0n) is 18.4. The van der Waals surface area contributed by atoms with Crippen LogP contribution in [0.15, 0.2) is 72.8 Å². The lowest BCUT2D eigenvalue weighted by atomic mass is 10.1. The first kappa shape index (κ1) is 23.3. The Balaban J connectivity index is 1.32. The van der Waals surface area contributed by atoms with Gasteiger partial charge in [-0.25, -0.2) is 4.98 Å². The fourth-order valence-electron chi connectivity index (χ4n) is 3.99. The largest absolute Gasteiger partial charge is 0.356 e. The number of amides is 1. The minimum absolute atomic E-state index is 0.0691. The minimum atomic E-state index is 0.0691. The molecule has 6 heteroatoms. The van der Waals surface area contributed by atoms with E-state index in [9.17, 15) is 4.79 Å². The molecule has 3 aromatic carbocycles. The van der Waals surface area contributed by atoms with Crippen molar-refractivity contribution < 1.29 is 4.79 Å². The monoisotopic (exact) mass is 479 g/mol. The molecule has 4 rings (SSSR count).